The summed E-state index contributed by atoms with van der Waals surface area (Å²) in [6.45, 7) is 6.18. The van der Waals surface area contributed by atoms with E-state index in [2.05, 4.69) is 24.3 Å². The number of aryl methyl sites for hydroxylation is 1. The number of aromatic nitrogens is 1. The van der Waals surface area contributed by atoms with Gasteiger partial charge in [0.05, 0.1) is 18.6 Å². The summed E-state index contributed by atoms with van der Waals surface area (Å²) in [5.41, 5.74) is 2.71. The number of fused-ring (bicyclic) bond motifs is 2. The Morgan fingerprint density at radius 3 is 2.63 bits per heavy atom. The van der Waals surface area contributed by atoms with Gasteiger partial charge in [0.15, 0.2) is 0 Å². The molecule has 0 spiro atoms. The first kappa shape index (κ1) is 20.8. The summed E-state index contributed by atoms with van der Waals surface area (Å²) in [5.74, 6) is -0.517. The van der Waals surface area contributed by atoms with Crippen molar-refractivity contribution in [1.82, 2.24) is 4.57 Å². The fourth-order valence-electron chi connectivity index (χ4n) is 4.13. The van der Waals surface area contributed by atoms with Crippen LogP contribution in [0, 0.1) is 6.92 Å². The number of benzene rings is 1. The summed E-state index contributed by atoms with van der Waals surface area (Å²) in [6.07, 6.45) is 7.55. The first-order valence-corrected chi connectivity index (χ1v) is 11.2. The molecule has 0 saturated carbocycles. The molecule has 1 aliphatic carbocycles. The summed E-state index contributed by atoms with van der Waals surface area (Å²) in [5, 5.41) is 2.82. The lowest BCUT2D eigenvalue weighted by atomic mass is 9.94. The molecule has 4 nitrogen and oxygen atoms in total. The molecule has 0 bridgehead atoms. The van der Waals surface area contributed by atoms with Crippen LogP contribution < -0.4 is 15.3 Å². The number of ether oxygens (including phenoxy) is 1. The van der Waals surface area contributed by atoms with Crippen molar-refractivity contribution < 1.29 is 9.53 Å². The predicted molar refractivity (Wildman–Crippen MR) is 125 cm³/mol. The highest BCUT2D eigenvalue weighted by Gasteiger charge is 2.25. The maximum absolute atomic E-state index is 13.2. The Morgan fingerprint density at radius 2 is 1.93 bits per heavy atom. The average molecular weight is 422 g/mol. The molecule has 2 aromatic heterocycles. The number of hydrogen-bond acceptors (Lipinski definition) is 4. The average Bonchev–Trinajstić information content (AvgIpc) is 3.15. The van der Waals surface area contributed by atoms with Crippen molar-refractivity contribution >= 4 is 40.5 Å². The van der Waals surface area contributed by atoms with Crippen LogP contribution in [0.15, 0.2) is 29.1 Å². The summed E-state index contributed by atoms with van der Waals surface area (Å²) in [6, 6.07) is 8.12. The molecule has 5 heteroatoms. The van der Waals surface area contributed by atoms with Gasteiger partial charge in [-0.2, -0.15) is 0 Å². The number of pyridine rings is 1. The van der Waals surface area contributed by atoms with E-state index in [0.29, 0.717) is 5.39 Å². The third-order valence-electron chi connectivity index (χ3n) is 5.62. The minimum absolute atomic E-state index is 0.00822. The lowest BCUT2D eigenvalue weighted by Crippen LogP contribution is -2.26. The largest absolute Gasteiger partial charge is 0.378 e. The normalized spacial score (nSPS) is 14.3. The monoisotopic (exact) mass is 421 g/mol. The van der Waals surface area contributed by atoms with E-state index in [9.17, 15) is 9.59 Å². The second kappa shape index (κ2) is 8.32. The van der Waals surface area contributed by atoms with Gasteiger partial charge in [-0.1, -0.05) is 29.8 Å². The Morgan fingerprint density at radius 1 is 1.17 bits per heavy atom. The Kier molecular flexibility index (Phi) is 5.76. The van der Waals surface area contributed by atoms with E-state index in [-0.39, 0.29) is 18.3 Å². The number of aldehydes is 1. The number of thiophene rings is 1. The summed E-state index contributed by atoms with van der Waals surface area (Å²) in [7, 11) is 1.76. The Bertz CT molecular complexity index is 1260. The van der Waals surface area contributed by atoms with Crippen LogP contribution >= 0.6 is 11.3 Å². The van der Waals surface area contributed by atoms with E-state index in [1.165, 1.54) is 9.75 Å². The maximum atomic E-state index is 13.2. The number of hydrogen-bond donors (Lipinski definition) is 0. The van der Waals surface area contributed by atoms with Gasteiger partial charge in [0.1, 0.15) is 6.29 Å². The number of carbonyl (C=O) groups excluding carboxylic acids is 1. The van der Waals surface area contributed by atoms with E-state index in [0.717, 1.165) is 46.2 Å². The van der Waals surface area contributed by atoms with Gasteiger partial charge in [0.2, 0.25) is 0 Å². The second-order valence-electron chi connectivity index (χ2n) is 8.21. The van der Waals surface area contributed by atoms with E-state index >= 15 is 0 Å². The third kappa shape index (κ3) is 3.68. The summed E-state index contributed by atoms with van der Waals surface area (Å²) < 4.78 is 8.70. The molecule has 1 unspecified atom stereocenters. The van der Waals surface area contributed by atoms with Crippen LogP contribution in [0.2, 0.25) is 0 Å². The van der Waals surface area contributed by atoms with Crippen molar-refractivity contribution in [2.75, 3.05) is 6.61 Å². The molecule has 0 amide bonds. The molecular weight excluding hydrogens is 394 g/mol. The first-order chi connectivity index (χ1) is 14.4. The zero-order chi connectivity index (χ0) is 21.4. The minimum atomic E-state index is -0.517. The molecule has 0 aliphatic heterocycles. The van der Waals surface area contributed by atoms with Gasteiger partial charge in [-0.25, -0.2) is 0 Å². The fourth-order valence-corrected chi connectivity index (χ4v) is 5.33. The fraction of sp³-hybridized carbons (Fsp3) is 0.360. The van der Waals surface area contributed by atoms with Crippen LogP contribution in [0.5, 0.6) is 0 Å². The van der Waals surface area contributed by atoms with Crippen LogP contribution in [0.1, 0.15) is 43.9 Å². The molecular formula is C25H27NO3S. The van der Waals surface area contributed by atoms with Gasteiger partial charge in [-0.15, -0.1) is 11.3 Å². The molecule has 1 atom stereocenters. The Hall–Kier alpha value is -2.50. The molecule has 156 valence electrons. The molecule has 0 fully saturated rings. The van der Waals surface area contributed by atoms with Gasteiger partial charge in [0, 0.05) is 33.1 Å². The minimum Gasteiger partial charge on any atom is -0.378 e. The lowest BCUT2D eigenvalue weighted by molar-refractivity contribution is -0.110. The highest BCUT2D eigenvalue weighted by molar-refractivity contribution is 7.13. The second-order valence-corrected chi connectivity index (χ2v) is 9.30. The van der Waals surface area contributed by atoms with Crippen molar-refractivity contribution in [1.29, 1.82) is 0 Å². The lowest BCUT2D eigenvalue weighted by Gasteiger charge is -2.22. The summed E-state index contributed by atoms with van der Waals surface area (Å²) >= 11 is 1.73. The van der Waals surface area contributed by atoms with Crippen LogP contribution in [-0.4, -0.2) is 23.6 Å². The topological polar surface area (TPSA) is 48.3 Å². The van der Waals surface area contributed by atoms with Crippen molar-refractivity contribution in [2.45, 2.75) is 45.6 Å². The van der Waals surface area contributed by atoms with Gasteiger partial charge in [0.25, 0.3) is 5.56 Å². The maximum Gasteiger partial charge on any atom is 0.258 e. The quantitative estimate of drug-likeness (QED) is 0.571. The Labute approximate surface area is 180 Å². The molecule has 0 N–H and O–H groups in total. The molecule has 4 rings (SSSR count). The van der Waals surface area contributed by atoms with E-state index in [4.69, 9.17) is 4.74 Å². The standard InChI is InChI=1S/C25H27NO3S/c1-15(2)29-14-18(13-27)24-23(22-12-17-7-5-6-8-21(17)30-22)20-11-16(3)9-10-19(20)25(28)26(24)4/h7-13,15,18H,5-6,14H2,1-4H3. The molecule has 3 aromatic rings. The smallest absolute Gasteiger partial charge is 0.258 e. The van der Waals surface area contributed by atoms with Crippen molar-refractivity contribution in [2.24, 2.45) is 7.05 Å². The van der Waals surface area contributed by atoms with Gasteiger partial charge in [-0.05, 0) is 56.4 Å². The molecule has 1 aromatic carbocycles. The zero-order valence-electron chi connectivity index (χ0n) is 17.9. The van der Waals surface area contributed by atoms with E-state index in [1.54, 1.807) is 23.0 Å². The Balaban J connectivity index is 2.08. The van der Waals surface area contributed by atoms with E-state index < -0.39 is 5.92 Å². The number of nitrogens with zero attached hydrogens (tertiary/aromatic N) is 1. The molecule has 30 heavy (non-hydrogen) atoms. The van der Waals surface area contributed by atoms with Crippen LogP contribution in [0.4, 0.5) is 0 Å². The first-order valence-electron chi connectivity index (χ1n) is 10.4. The predicted octanol–water partition coefficient (Wildman–Crippen LogP) is 3.64. The zero-order valence-corrected chi connectivity index (χ0v) is 18.7. The van der Waals surface area contributed by atoms with Crippen LogP contribution in [0.3, 0.4) is 0 Å². The summed E-state index contributed by atoms with van der Waals surface area (Å²) in [4.78, 5) is 26.4. The van der Waals surface area contributed by atoms with Crippen molar-refractivity contribution in [3.63, 3.8) is 0 Å². The SMILES string of the molecule is Cc1ccc2c(=O)n(C)c(C(C=O)COC(C)C)c(-c3cc4c(s3)=CCCC=4)c2c1. The van der Waals surface area contributed by atoms with Gasteiger partial charge >= 0.3 is 0 Å². The van der Waals surface area contributed by atoms with Crippen LogP contribution in [0.25, 0.3) is 33.4 Å². The van der Waals surface area contributed by atoms with E-state index in [1.807, 2.05) is 32.9 Å². The number of rotatable bonds is 6. The highest BCUT2D eigenvalue weighted by atomic mass is 32.1. The molecule has 0 saturated heterocycles. The van der Waals surface area contributed by atoms with Crippen molar-refractivity contribution in [3.8, 4) is 10.4 Å². The molecule has 1 aliphatic rings. The molecule has 2 heterocycles. The van der Waals surface area contributed by atoms with Crippen molar-refractivity contribution in [3.05, 3.63) is 55.6 Å². The number of carbonyl (C=O) groups is 1. The van der Waals surface area contributed by atoms with Crippen LogP contribution in [-0.2, 0) is 16.6 Å². The highest BCUT2D eigenvalue weighted by Crippen LogP contribution is 2.35. The van der Waals surface area contributed by atoms with Gasteiger partial charge < -0.3 is 14.1 Å². The molecule has 0 radical (unpaired) electrons. The van der Waals surface area contributed by atoms with Gasteiger partial charge in [-0.3, -0.25) is 4.79 Å². The third-order valence-corrected chi connectivity index (χ3v) is 6.78.